The van der Waals surface area contributed by atoms with Crippen LogP contribution in [0.2, 0.25) is 0 Å². The molecule has 152 valence electrons. The van der Waals surface area contributed by atoms with Crippen LogP contribution in [0.25, 0.3) is 11.4 Å². The molecule has 0 saturated heterocycles. The normalized spacial score (nSPS) is 11.4. The van der Waals surface area contributed by atoms with Gasteiger partial charge >= 0.3 is 0 Å². The van der Waals surface area contributed by atoms with Gasteiger partial charge in [0.15, 0.2) is 16.1 Å². The lowest BCUT2D eigenvalue weighted by Gasteiger charge is -2.19. The molecule has 0 bridgehead atoms. The molecule has 1 N–H and O–H groups in total. The lowest BCUT2D eigenvalue weighted by molar-refractivity contribution is -0.113. The van der Waals surface area contributed by atoms with Gasteiger partial charge in [-0.2, -0.15) is 0 Å². The first kappa shape index (κ1) is 21.3. The number of carbonyl (C=O) groups is 1. The molecule has 8 heteroatoms. The smallest absolute Gasteiger partial charge is 0.236 e. The monoisotopic (exact) mass is 427 g/mol. The van der Waals surface area contributed by atoms with Gasteiger partial charge in [0.25, 0.3) is 0 Å². The Kier molecular flexibility index (Phi) is 6.54. The summed E-state index contributed by atoms with van der Waals surface area (Å²) in [6, 6.07) is 8.38. The molecule has 0 fully saturated rings. The molecule has 1 amide bonds. The second-order valence-corrected chi connectivity index (χ2v) is 9.46. The number of nitrogens with zero attached hydrogens (tertiary/aromatic N) is 4. The van der Waals surface area contributed by atoms with Gasteiger partial charge in [-0.1, -0.05) is 62.9 Å². The third-order valence-electron chi connectivity index (χ3n) is 4.24. The van der Waals surface area contributed by atoms with E-state index in [1.807, 2.05) is 16.9 Å². The lowest BCUT2D eigenvalue weighted by atomic mass is 9.87. The first-order valence-corrected chi connectivity index (χ1v) is 11.1. The Morgan fingerprint density at radius 3 is 2.59 bits per heavy atom. The van der Waals surface area contributed by atoms with E-state index in [1.54, 1.807) is 6.08 Å². The summed E-state index contributed by atoms with van der Waals surface area (Å²) in [6.07, 6.45) is 1.80. The minimum absolute atomic E-state index is 0.0949. The number of aryl methyl sites for hydroxylation is 1. The number of rotatable bonds is 7. The molecular weight excluding hydrogens is 402 g/mol. The number of amides is 1. The molecule has 0 radical (unpaired) electrons. The number of benzene rings is 1. The molecule has 29 heavy (non-hydrogen) atoms. The van der Waals surface area contributed by atoms with Gasteiger partial charge < -0.3 is 5.32 Å². The quantitative estimate of drug-likeness (QED) is 0.428. The fraction of sp³-hybridized carbons (Fsp3) is 0.333. The van der Waals surface area contributed by atoms with Crippen LogP contribution in [0.15, 0.2) is 47.5 Å². The largest absolute Gasteiger partial charge is 0.301 e. The van der Waals surface area contributed by atoms with Crippen molar-refractivity contribution in [2.24, 2.45) is 0 Å². The Balaban J connectivity index is 1.74. The van der Waals surface area contributed by atoms with Gasteiger partial charge in [0.05, 0.1) is 11.4 Å². The maximum atomic E-state index is 12.2. The van der Waals surface area contributed by atoms with Crippen molar-refractivity contribution in [3.05, 3.63) is 53.6 Å². The highest BCUT2D eigenvalue weighted by Crippen LogP contribution is 2.28. The zero-order valence-corrected chi connectivity index (χ0v) is 18.7. The molecule has 3 rings (SSSR count). The molecular formula is C21H25N5OS2. The highest BCUT2D eigenvalue weighted by Gasteiger charge is 2.17. The Morgan fingerprint density at radius 1 is 1.28 bits per heavy atom. The summed E-state index contributed by atoms with van der Waals surface area (Å²) < 4.78 is 1.98. The van der Waals surface area contributed by atoms with Crippen molar-refractivity contribution in [3.8, 4) is 11.4 Å². The van der Waals surface area contributed by atoms with Crippen LogP contribution < -0.4 is 5.32 Å². The van der Waals surface area contributed by atoms with Crippen LogP contribution in [0.5, 0.6) is 0 Å². The predicted molar refractivity (Wildman–Crippen MR) is 121 cm³/mol. The summed E-state index contributed by atoms with van der Waals surface area (Å²) >= 11 is 2.77. The number of anilines is 1. The van der Waals surface area contributed by atoms with E-state index in [4.69, 9.17) is 0 Å². The van der Waals surface area contributed by atoms with Gasteiger partial charge in [-0.3, -0.25) is 9.36 Å². The van der Waals surface area contributed by atoms with Gasteiger partial charge in [-0.15, -0.1) is 28.1 Å². The summed E-state index contributed by atoms with van der Waals surface area (Å²) in [5, 5.41) is 14.7. The molecule has 2 heterocycles. The second kappa shape index (κ2) is 8.92. The van der Waals surface area contributed by atoms with Crippen molar-refractivity contribution >= 4 is 34.1 Å². The molecule has 0 aliphatic carbocycles. The molecule has 2 aromatic heterocycles. The summed E-state index contributed by atoms with van der Waals surface area (Å²) in [6.45, 7) is 12.9. The Bertz CT molecular complexity index is 999. The Morgan fingerprint density at radius 2 is 2.00 bits per heavy atom. The minimum atomic E-state index is -0.117. The summed E-state index contributed by atoms with van der Waals surface area (Å²) in [4.78, 5) is 16.5. The topological polar surface area (TPSA) is 72.7 Å². The molecule has 0 spiro atoms. The maximum absolute atomic E-state index is 12.2. The van der Waals surface area contributed by atoms with Crippen LogP contribution in [0.4, 0.5) is 5.13 Å². The Hall–Kier alpha value is -2.45. The number of allylic oxidation sites excluding steroid dienone is 1. The van der Waals surface area contributed by atoms with Crippen LogP contribution in [-0.2, 0) is 16.8 Å². The van der Waals surface area contributed by atoms with E-state index >= 15 is 0 Å². The number of nitrogens with one attached hydrogen (secondary N) is 1. The van der Waals surface area contributed by atoms with Crippen molar-refractivity contribution in [1.82, 2.24) is 19.7 Å². The number of hydrogen-bond acceptors (Lipinski definition) is 6. The van der Waals surface area contributed by atoms with Crippen LogP contribution in [0.3, 0.4) is 0 Å². The van der Waals surface area contributed by atoms with Crippen LogP contribution in [0, 0.1) is 6.92 Å². The third-order valence-corrected chi connectivity index (χ3v) is 6.08. The SMILES string of the molecule is C=CCn1c(SCC(=O)Nc2nc(C)cs2)nnc1-c1ccc(C(C)(C)C)cc1. The van der Waals surface area contributed by atoms with Crippen LogP contribution in [-0.4, -0.2) is 31.4 Å². The Labute approximate surface area is 179 Å². The van der Waals surface area contributed by atoms with Gasteiger partial charge in [0.1, 0.15) is 0 Å². The van der Waals surface area contributed by atoms with E-state index in [1.165, 1.54) is 28.7 Å². The van der Waals surface area contributed by atoms with E-state index in [9.17, 15) is 4.79 Å². The molecule has 0 aliphatic rings. The number of hydrogen-bond donors (Lipinski definition) is 1. The number of carbonyl (C=O) groups excluding carboxylic acids is 1. The minimum Gasteiger partial charge on any atom is -0.301 e. The molecule has 1 aromatic carbocycles. The highest BCUT2D eigenvalue weighted by molar-refractivity contribution is 7.99. The molecule has 0 unspecified atom stereocenters. The zero-order chi connectivity index (χ0) is 21.0. The van der Waals surface area contributed by atoms with Gasteiger partial charge in [-0.25, -0.2) is 4.98 Å². The first-order valence-electron chi connectivity index (χ1n) is 9.27. The summed E-state index contributed by atoms with van der Waals surface area (Å²) in [7, 11) is 0. The second-order valence-electron chi connectivity index (χ2n) is 7.66. The summed E-state index contributed by atoms with van der Waals surface area (Å²) in [5.74, 6) is 0.883. The molecule has 0 saturated carbocycles. The van der Waals surface area contributed by atoms with E-state index in [0.29, 0.717) is 16.8 Å². The van der Waals surface area contributed by atoms with Crippen molar-refractivity contribution in [2.45, 2.75) is 44.8 Å². The van der Waals surface area contributed by atoms with E-state index in [0.717, 1.165) is 17.1 Å². The van der Waals surface area contributed by atoms with Crippen LogP contribution in [0.1, 0.15) is 32.0 Å². The number of thiazole rings is 1. The fourth-order valence-corrected chi connectivity index (χ4v) is 4.17. The average molecular weight is 428 g/mol. The number of aromatic nitrogens is 4. The lowest BCUT2D eigenvalue weighted by Crippen LogP contribution is -2.14. The predicted octanol–water partition coefficient (Wildman–Crippen LogP) is 4.92. The molecule has 3 aromatic rings. The van der Waals surface area contributed by atoms with Crippen molar-refractivity contribution < 1.29 is 4.79 Å². The first-order chi connectivity index (χ1) is 13.8. The van der Waals surface area contributed by atoms with Gasteiger partial charge in [0, 0.05) is 17.5 Å². The standard InChI is InChI=1S/C21H25N5OS2/c1-6-11-26-18(15-7-9-16(10-8-15)21(3,4)5)24-25-20(26)29-13-17(27)23-19-22-14(2)12-28-19/h6-10,12H,1,11,13H2,2-5H3,(H,22,23,27). The van der Waals surface area contributed by atoms with Gasteiger partial charge in [-0.05, 0) is 17.9 Å². The van der Waals surface area contributed by atoms with Crippen molar-refractivity contribution in [3.63, 3.8) is 0 Å². The van der Waals surface area contributed by atoms with E-state index in [-0.39, 0.29) is 17.1 Å². The van der Waals surface area contributed by atoms with Crippen molar-refractivity contribution in [2.75, 3.05) is 11.1 Å². The van der Waals surface area contributed by atoms with E-state index < -0.39 is 0 Å². The molecule has 0 atom stereocenters. The summed E-state index contributed by atoms with van der Waals surface area (Å²) in [5.41, 5.74) is 3.24. The molecule has 0 aliphatic heterocycles. The van der Waals surface area contributed by atoms with Gasteiger partial charge in [0.2, 0.25) is 5.91 Å². The number of thioether (sulfide) groups is 1. The van der Waals surface area contributed by atoms with Crippen LogP contribution >= 0.6 is 23.1 Å². The molecule has 6 nitrogen and oxygen atoms in total. The van der Waals surface area contributed by atoms with E-state index in [2.05, 4.69) is 72.1 Å². The third kappa shape index (κ3) is 5.33. The average Bonchev–Trinajstić information content (AvgIpc) is 3.26. The highest BCUT2D eigenvalue weighted by atomic mass is 32.2. The van der Waals surface area contributed by atoms with Crippen molar-refractivity contribution in [1.29, 1.82) is 0 Å². The maximum Gasteiger partial charge on any atom is 0.236 e. The zero-order valence-electron chi connectivity index (χ0n) is 17.1. The fourth-order valence-electron chi connectivity index (χ4n) is 2.72.